The zero-order chi connectivity index (χ0) is 20.8. The van der Waals surface area contributed by atoms with Crippen molar-refractivity contribution in [3.63, 3.8) is 0 Å². The largest absolute Gasteiger partial charge is 0.477 e. The highest BCUT2D eigenvalue weighted by Gasteiger charge is 2.33. The Balaban J connectivity index is 1.83. The van der Waals surface area contributed by atoms with Gasteiger partial charge in [-0.25, -0.2) is 9.59 Å². The van der Waals surface area contributed by atoms with Crippen molar-refractivity contribution in [2.24, 2.45) is 17.8 Å². The molecule has 1 fully saturated rings. The molecule has 1 aromatic rings. The Bertz CT molecular complexity index is 691. The number of ether oxygens (including phenoxy) is 3. The van der Waals surface area contributed by atoms with Crippen LogP contribution in [0.5, 0.6) is 5.75 Å². The summed E-state index contributed by atoms with van der Waals surface area (Å²) in [6.45, 7) is 7.54. The molecule has 0 unspecified atom stereocenters. The fraction of sp³-hybridized carbons (Fsp3) is 0.619. The number of halogens is 2. The van der Waals surface area contributed by atoms with Crippen LogP contribution in [0.3, 0.4) is 0 Å². The van der Waals surface area contributed by atoms with Crippen LogP contribution in [0.1, 0.15) is 47.0 Å². The maximum atomic E-state index is 12.2. The summed E-state index contributed by atoms with van der Waals surface area (Å²) < 4.78 is 16.2. The zero-order valence-electron chi connectivity index (χ0n) is 16.7. The smallest absolute Gasteiger partial charge is 0.347 e. The van der Waals surface area contributed by atoms with Gasteiger partial charge >= 0.3 is 11.9 Å². The first kappa shape index (κ1) is 22.8. The van der Waals surface area contributed by atoms with E-state index in [2.05, 4.69) is 20.8 Å². The van der Waals surface area contributed by atoms with E-state index in [9.17, 15) is 9.59 Å². The second-order valence-electron chi connectivity index (χ2n) is 7.80. The number of esters is 2. The molecule has 0 saturated heterocycles. The molecule has 156 valence electrons. The van der Waals surface area contributed by atoms with Gasteiger partial charge in [-0.15, -0.1) is 0 Å². The first-order valence-electron chi connectivity index (χ1n) is 9.65. The summed E-state index contributed by atoms with van der Waals surface area (Å²) in [6, 6.07) is 4.69. The predicted molar refractivity (Wildman–Crippen MR) is 109 cm³/mol. The van der Waals surface area contributed by atoms with Crippen LogP contribution >= 0.6 is 23.2 Å². The van der Waals surface area contributed by atoms with Gasteiger partial charge in [0, 0.05) is 5.02 Å². The van der Waals surface area contributed by atoms with Crippen molar-refractivity contribution in [3.8, 4) is 5.75 Å². The quantitative estimate of drug-likeness (QED) is 0.548. The Kier molecular flexibility index (Phi) is 8.44. The van der Waals surface area contributed by atoms with E-state index in [1.54, 1.807) is 12.1 Å². The van der Waals surface area contributed by atoms with Gasteiger partial charge in [0.15, 0.2) is 12.7 Å². The highest BCUT2D eigenvalue weighted by Crippen LogP contribution is 2.35. The molecular weight excluding hydrogens is 403 g/mol. The van der Waals surface area contributed by atoms with E-state index >= 15 is 0 Å². The average molecular weight is 431 g/mol. The van der Waals surface area contributed by atoms with Crippen molar-refractivity contribution in [2.75, 3.05) is 6.61 Å². The lowest BCUT2D eigenvalue weighted by molar-refractivity contribution is -0.169. The van der Waals surface area contributed by atoms with Crippen molar-refractivity contribution < 1.29 is 23.8 Å². The summed E-state index contributed by atoms with van der Waals surface area (Å²) in [6.07, 6.45) is 1.98. The fourth-order valence-corrected chi connectivity index (χ4v) is 3.96. The Labute approximate surface area is 176 Å². The molecular formula is C21H28Cl2O5. The standard InChI is InChI=1S/C21H28Cl2O5/c1-12(2)16-7-5-13(3)9-19(16)28-20(24)11-26-21(25)14(4)27-18-8-6-15(22)10-17(18)23/h6,8,10,12-14,16,19H,5,7,9,11H2,1-4H3/t13-,14-,16-,19-/m1/s1. The minimum absolute atomic E-state index is 0.128. The normalized spacial score (nSPS) is 23.2. The highest BCUT2D eigenvalue weighted by molar-refractivity contribution is 6.35. The van der Waals surface area contributed by atoms with Crippen LogP contribution in [0, 0.1) is 17.8 Å². The molecule has 7 heteroatoms. The van der Waals surface area contributed by atoms with Crippen LogP contribution in [0.15, 0.2) is 18.2 Å². The lowest BCUT2D eigenvalue weighted by Crippen LogP contribution is -2.37. The van der Waals surface area contributed by atoms with Crippen LogP contribution in [0.4, 0.5) is 0 Å². The van der Waals surface area contributed by atoms with E-state index in [1.807, 2.05) is 0 Å². The highest BCUT2D eigenvalue weighted by atomic mass is 35.5. The third-order valence-corrected chi connectivity index (χ3v) is 5.64. The van der Waals surface area contributed by atoms with Gasteiger partial charge in [0.1, 0.15) is 11.9 Å². The van der Waals surface area contributed by atoms with Gasteiger partial charge in [-0.1, -0.05) is 50.4 Å². The second kappa shape index (κ2) is 10.4. The molecule has 0 radical (unpaired) electrons. The van der Waals surface area contributed by atoms with E-state index in [-0.39, 0.29) is 11.1 Å². The van der Waals surface area contributed by atoms with Crippen molar-refractivity contribution in [2.45, 2.75) is 59.2 Å². The van der Waals surface area contributed by atoms with Crippen molar-refractivity contribution in [1.82, 2.24) is 0 Å². The predicted octanol–water partition coefficient (Wildman–Crippen LogP) is 5.31. The summed E-state index contributed by atoms with van der Waals surface area (Å²) in [7, 11) is 0. The number of rotatable bonds is 7. The van der Waals surface area contributed by atoms with Crippen molar-refractivity contribution >= 4 is 35.1 Å². The van der Waals surface area contributed by atoms with Gasteiger partial charge in [0.25, 0.3) is 0 Å². The zero-order valence-corrected chi connectivity index (χ0v) is 18.3. The SMILES string of the molecule is CC(C)[C@H]1CC[C@@H](C)C[C@H]1OC(=O)COC(=O)[C@@H](C)Oc1ccc(Cl)cc1Cl. The van der Waals surface area contributed by atoms with E-state index < -0.39 is 24.6 Å². The molecule has 28 heavy (non-hydrogen) atoms. The molecule has 0 spiro atoms. The topological polar surface area (TPSA) is 61.8 Å². The van der Waals surface area contributed by atoms with Crippen molar-refractivity contribution in [3.05, 3.63) is 28.2 Å². The maximum absolute atomic E-state index is 12.2. The maximum Gasteiger partial charge on any atom is 0.347 e. The Morgan fingerprint density at radius 1 is 1.18 bits per heavy atom. The first-order chi connectivity index (χ1) is 13.2. The molecule has 0 bridgehead atoms. The van der Waals surface area contributed by atoms with Crippen LogP contribution < -0.4 is 4.74 Å². The van der Waals surface area contributed by atoms with E-state index in [4.69, 9.17) is 37.4 Å². The minimum Gasteiger partial charge on any atom is -0.477 e. The van der Waals surface area contributed by atoms with E-state index in [0.29, 0.717) is 28.5 Å². The summed E-state index contributed by atoms with van der Waals surface area (Å²) in [5.41, 5.74) is 0. The van der Waals surface area contributed by atoms with Crippen LogP contribution in [-0.4, -0.2) is 30.8 Å². The van der Waals surface area contributed by atoms with Crippen molar-refractivity contribution in [1.29, 1.82) is 0 Å². The minimum atomic E-state index is -0.926. The Morgan fingerprint density at radius 3 is 2.54 bits per heavy atom. The third kappa shape index (κ3) is 6.56. The lowest BCUT2D eigenvalue weighted by Gasteiger charge is -2.36. The third-order valence-electron chi connectivity index (χ3n) is 5.11. The summed E-state index contributed by atoms with van der Waals surface area (Å²) in [5.74, 6) is 0.410. The molecule has 2 rings (SSSR count). The van der Waals surface area contributed by atoms with E-state index in [0.717, 1.165) is 19.3 Å². The Morgan fingerprint density at radius 2 is 1.89 bits per heavy atom. The molecule has 0 aromatic heterocycles. The van der Waals surface area contributed by atoms with Gasteiger partial charge in [0.2, 0.25) is 0 Å². The second-order valence-corrected chi connectivity index (χ2v) is 8.64. The lowest BCUT2D eigenvalue weighted by atomic mass is 9.75. The number of carbonyl (C=O) groups is 2. The van der Waals surface area contributed by atoms with Gasteiger partial charge in [-0.05, 0) is 55.7 Å². The molecule has 0 N–H and O–H groups in total. The Hall–Kier alpha value is -1.46. The van der Waals surface area contributed by atoms with Crippen LogP contribution in [-0.2, 0) is 19.1 Å². The van der Waals surface area contributed by atoms with Crippen LogP contribution in [0.2, 0.25) is 10.0 Å². The molecule has 4 atom stereocenters. The summed E-state index contributed by atoms with van der Waals surface area (Å²) in [4.78, 5) is 24.3. The molecule has 1 aromatic carbocycles. The molecule has 1 saturated carbocycles. The summed E-state index contributed by atoms with van der Waals surface area (Å²) >= 11 is 11.9. The molecule has 0 heterocycles. The van der Waals surface area contributed by atoms with Gasteiger partial charge in [0.05, 0.1) is 5.02 Å². The molecule has 1 aliphatic carbocycles. The number of hydrogen-bond donors (Lipinski definition) is 0. The van der Waals surface area contributed by atoms with Gasteiger partial charge in [-0.3, -0.25) is 0 Å². The number of carbonyl (C=O) groups excluding carboxylic acids is 2. The molecule has 1 aliphatic rings. The monoisotopic (exact) mass is 430 g/mol. The van der Waals surface area contributed by atoms with E-state index in [1.165, 1.54) is 13.0 Å². The number of benzene rings is 1. The van der Waals surface area contributed by atoms with Gasteiger partial charge < -0.3 is 14.2 Å². The summed E-state index contributed by atoms with van der Waals surface area (Å²) in [5, 5.41) is 0.754. The average Bonchev–Trinajstić information content (AvgIpc) is 2.61. The molecule has 5 nitrogen and oxygen atoms in total. The fourth-order valence-electron chi connectivity index (χ4n) is 3.51. The molecule has 0 amide bonds. The number of hydrogen-bond acceptors (Lipinski definition) is 5. The molecule has 0 aliphatic heterocycles. The first-order valence-corrected chi connectivity index (χ1v) is 10.4. The van der Waals surface area contributed by atoms with Crippen LogP contribution in [0.25, 0.3) is 0 Å². The van der Waals surface area contributed by atoms with Gasteiger partial charge in [-0.2, -0.15) is 0 Å².